The van der Waals surface area contributed by atoms with E-state index in [0.717, 1.165) is 17.5 Å². The first-order valence-electron chi connectivity index (χ1n) is 8.91. The van der Waals surface area contributed by atoms with Crippen LogP contribution in [0.25, 0.3) is 0 Å². The summed E-state index contributed by atoms with van der Waals surface area (Å²) in [5.41, 5.74) is 2.02. The summed E-state index contributed by atoms with van der Waals surface area (Å²) in [5.74, 6) is -0.629. The predicted octanol–water partition coefficient (Wildman–Crippen LogP) is 2.13. The lowest BCUT2D eigenvalue weighted by Crippen LogP contribution is -2.48. The Balaban J connectivity index is 0.00000280. The number of hydrogen-bond donors (Lipinski definition) is 1. The van der Waals surface area contributed by atoms with E-state index in [4.69, 9.17) is 0 Å². The molecule has 0 aliphatic carbocycles. The Morgan fingerprint density at radius 2 is 1.96 bits per heavy atom. The van der Waals surface area contributed by atoms with Crippen molar-refractivity contribution in [1.29, 1.82) is 0 Å². The van der Waals surface area contributed by atoms with E-state index in [9.17, 15) is 18.5 Å². The molecule has 1 aliphatic rings. The molecule has 28 heavy (non-hydrogen) atoms. The molecule has 0 spiro atoms. The van der Waals surface area contributed by atoms with E-state index < -0.39 is 26.8 Å². The van der Waals surface area contributed by atoms with Gasteiger partial charge in [-0.2, -0.15) is 8.99 Å². The fourth-order valence-corrected chi connectivity index (χ4v) is 4.94. The SMILES string of the molecule is CCc1ccc(C2CNCCN2S(=O)(=O)c2cn(CC)nc2[N+](=O)[O-])cc1.Cl. The largest absolute Gasteiger partial charge is 0.410 e. The molecule has 1 N–H and O–H groups in total. The summed E-state index contributed by atoms with van der Waals surface area (Å²) >= 11 is 0. The minimum Gasteiger partial charge on any atom is -0.358 e. The predicted molar refractivity (Wildman–Crippen MR) is 107 cm³/mol. The minimum absolute atomic E-state index is 0. The van der Waals surface area contributed by atoms with Crippen LogP contribution in [0.15, 0.2) is 35.4 Å². The molecule has 3 rings (SSSR count). The van der Waals surface area contributed by atoms with Crippen LogP contribution < -0.4 is 5.32 Å². The highest BCUT2D eigenvalue weighted by atomic mass is 35.5. The maximum Gasteiger partial charge on any atom is 0.410 e. The van der Waals surface area contributed by atoms with Crippen LogP contribution in [-0.2, 0) is 23.0 Å². The van der Waals surface area contributed by atoms with Gasteiger partial charge in [-0.15, -0.1) is 12.4 Å². The zero-order valence-corrected chi connectivity index (χ0v) is 17.4. The number of aryl methyl sites for hydroxylation is 2. The normalized spacial score (nSPS) is 17.9. The highest BCUT2D eigenvalue weighted by Crippen LogP contribution is 2.32. The number of rotatable bonds is 6. The maximum atomic E-state index is 13.3. The van der Waals surface area contributed by atoms with Gasteiger partial charge in [0.15, 0.2) is 0 Å². The molecular formula is C17H24ClN5O4S. The van der Waals surface area contributed by atoms with Crippen LogP contribution in [0.1, 0.15) is 31.0 Å². The number of halogens is 1. The molecule has 0 amide bonds. The standard InChI is InChI=1S/C17H23N5O4S.ClH/c1-3-13-5-7-14(8-6-13)15-11-18-9-10-21(15)27(25,26)16-12-20(4-2)19-17(16)22(23)24;/h5-8,12,15,18H,3-4,9-11H2,1-2H3;1H. The second kappa shape index (κ2) is 8.99. The molecule has 1 aliphatic heterocycles. The molecule has 2 aromatic rings. The van der Waals surface area contributed by atoms with Gasteiger partial charge in [-0.25, -0.2) is 8.42 Å². The van der Waals surface area contributed by atoms with Gasteiger partial charge in [-0.3, -0.25) is 0 Å². The summed E-state index contributed by atoms with van der Waals surface area (Å²) in [4.78, 5) is 10.2. The summed E-state index contributed by atoms with van der Waals surface area (Å²) in [5, 5.41) is 18.4. The van der Waals surface area contributed by atoms with Crippen LogP contribution in [0.2, 0.25) is 0 Å². The summed E-state index contributed by atoms with van der Waals surface area (Å²) in [7, 11) is -4.07. The number of hydrogen-bond acceptors (Lipinski definition) is 6. The molecule has 0 bridgehead atoms. The molecule has 154 valence electrons. The fourth-order valence-electron chi connectivity index (χ4n) is 3.22. The first kappa shape index (κ1) is 22.3. The Kier molecular flexibility index (Phi) is 7.16. The van der Waals surface area contributed by atoms with E-state index in [1.54, 1.807) is 6.92 Å². The Morgan fingerprint density at radius 1 is 1.29 bits per heavy atom. The minimum atomic E-state index is -4.07. The van der Waals surface area contributed by atoms with E-state index in [1.165, 1.54) is 15.2 Å². The van der Waals surface area contributed by atoms with Gasteiger partial charge in [0.1, 0.15) is 0 Å². The number of piperazine rings is 1. The lowest BCUT2D eigenvalue weighted by atomic mass is 10.0. The van der Waals surface area contributed by atoms with Crippen molar-refractivity contribution in [2.45, 2.75) is 37.8 Å². The van der Waals surface area contributed by atoms with Crippen LogP contribution in [0.5, 0.6) is 0 Å². The van der Waals surface area contributed by atoms with Gasteiger partial charge >= 0.3 is 5.82 Å². The van der Waals surface area contributed by atoms with Crippen LogP contribution in [0.4, 0.5) is 5.82 Å². The average Bonchev–Trinajstić information content (AvgIpc) is 3.14. The van der Waals surface area contributed by atoms with Crippen molar-refractivity contribution < 1.29 is 13.3 Å². The smallest absolute Gasteiger partial charge is 0.358 e. The zero-order valence-electron chi connectivity index (χ0n) is 15.7. The molecule has 1 unspecified atom stereocenters. The van der Waals surface area contributed by atoms with E-state index in [2.05, 4.69) is 17.3 Å². The molecule has 2 heterocycles. The number of aromatic nitrogens is 2. The van der Waals surface area contributed by atoms with Crippen molar-refractivity contribution in [3.8, 4) is 0 Å². The average molecular weight is 430 g/mol. The summed E-state index contributed by atoms with van der Waals surface area (Å²) in [6.07, 6.45) is 2.14. The second-order valence-electron chi connectivity index (χ2n) is 6.36. The molecule has 1 aromatic heterocycles. The number of nitro groups is 1. The maximum absolute atomic E-state index is 13.3. The van der Waals surface area contributed by atoms with E-state index in [1.807, 2.05) is 24.3 Å². The van der Waals surface area contributed by atoms with Crippen LogP contribution >= 0.6 is 12.4 Å². The Labute approximate surface area is 170 Å². The molecule has 1 aromatic carbocycles. The highest BCUT2D eigenvalue weighted by molar-refractivity contribution is 7.89. The molecule has 0 radical (unpaired) electrons. The monoisotopic (exact) mass is 429 g/mol. The Morgan fingerprint density at radius 3 is 2.54 bits per heavy atom. The zero-order chi connectivity index (χ0) is 19.6. The van der Waals surface area contributed by atoms with Crippen molar-refractivity contribution in [3.05, 3.63) is 51.7 Å². The van der Waals surface area contributed by atoms with Crippen molar-refractivity contribution in [2.24, 2.45) is 0 Å². The number of nitrogens with zero attached hydrogens (tertiary/aromatic N) is 4. The molecule has 1 atom stereocenters. The highest BCUT2D eigenvalue weighted by Gasteiger charge is 2.40. The number of sulfonamides is 1. The number of nitrogens with one attached hydrogen (secondary N) is 1. The van der Waals surface area contributed by atoms with Crippen molar-refractivity contribution in [3.63, 3.8) is 0 Å². The van der Waals surface area contributed by atoms with Crippen molar-refractivity contribution in [2.75, 3.05) is 19.6 Å². The van der Waals surface area contributed by atoms with Gasteiger partial charge in [0.25, 0.3) is 10.0 Å². The fraction of sp³-hybridized carbons (Fsp3) is 0.471. The van der Waals surface area contributed by atoms with Crippen LogP contribution in [0, 0.1) is 10.1 Å². The van der Waals surface area contributed by atoms with Crippen molar-refractivity contribution >= 4 is 28.2 Å². The molecule has 1 fully saturated rings. The first-order valence-corrected chi connectivity index (χ1v) is 10.4. The summed E-state index contributed by atoms with van der Waals surface area (Å²) < 4.78 is 29.2. The summed E-state index contributed by atoms with van der Waals surface area (Å²) in [6.45, 7) is 5.31. The van der Waals surface area contributed by atoms with Gasteiger partial charge < -0.3 is 15.4 Å². The third-order valence-electron chi connectivity index (χ3n) is 4.76. The van der Waals surface area contributed by atoms with Gasteiger partial charge in [0.2, 0.25) is 4.90 Å². The van der Waals surface area contributed by atoms with E-state index >= 15 is 0 Å². The topological polar surface area (TPSA) is 110 Å². The quantitative estimate of drug-likeness (QED) is 0.556. The lowest BCUT2D eigenvalue weighted by Gasteiger charge is -2.35. The summed E-state index contributed by atoms with van der Waals surface area (Å²) in [6, 6.07) is 7.36. The van der Waals surface area contributed by atoms with E-state index in [-0.39, 0.29) is 23.8 Å². The number of benzene rings is 1. The van der Waals surface area contributed by atoms with Crippen molar-refractivity contribution in [1.82, 2.24) is 19.4 Å². The van der Waals surface area contributed by atoms with Crippen LogP contribution in [0.3, 0.4) is 0 Å². The van der Waals surface area contributed by atoms with Gasteiger partial charge in [0.05, 0.1) is 23.9 Å². The van der Waals surface area contributed by atoms with E-state index in [0.29, 0.717) is 19.6 Å². The van der Waals surface area contributed by atoms with Crippen LogP contribution in [-0.4, -0.2) is 47.1 Å². The molecule has 9 nitrogen and oxygen atoms in total. The Bertz CT molecular complexity index is 930. The third-order valence-corrected chi connectivity index (χ3v) is 6.66. The molecule has 1 saturated heterocycles. The Hall–Kier alpha value is -2.01. The van der Waals surface area contributed by atoms with Gasteiger partial charge in [-0.05, 0) is 29.4 Å². The lowest BCUT2D eigenvalue weighted by molar-refractivity contribution is -0.392. The molecule has 0 saturated carbocycles. The second-order valence-corrected chi connectivity index (χ2v) is 8.22. The third kappa shape index (κ3) is 4.19. The van der Waals surface area contributed by atoms with Gasteiger partial charge in [-0.1, -0.05) is 31.2 Å². The first-order chi connectivity index (χ1) is 12.9. The molecular weight excluding hydrogens is 406 g/mol. The molecule has 11 heteroatoms. The van der Waals surface area contributed by atoms with Gasteiger partial charge in [0, 0.05) is 19.6 Å².